The first-order valence-corrected chi connectivity index (χ1v) is 9.73. The number of aryl methyl sites for hydroxylation is 2. The Labute approximate surface area is 177 Å². The molecule has 0 aliphatic carbocycles. The van der Waals surface area contributed by atoms with Crippen LogP contribution in [0.1, 0.15) is 30.0 Å². The zero-order chi connectivity index (χ0) is 22.8. The number of aromatic nitrogens is 2. The lowest BCUT2D eigenvalue weighted by Crippen LogP contribution is -2.20. The summed E-state index contributed by atoms with van der Waals surface area (Å²) in [6.45, 7) is 2.08. The summed E-state index contributed by atoms with van der Waals surface area (Å²) < 4.78 is 55.4. The van der Waals surface area contributed by atoms with Crippen LogP contribution in [0.5, 0.6) is 11.5 Å². The lowest BCUT2D eigenvalue weighted by atomic mass is 10.0. The van der Waals surface area contributed by atoms with Gasteiger partial charge in [-0.15, -0.1) is 0 Å². The van der Waals surface area contributed by atoms with Gasteiger partial charge < -0.3 is 18.8 Å². The van der Waals surface area contributed by atoms with Crippen molar-refractivity contribution in [2.45, 2.75) is 26.4 Å². The zero-order valence-corrected chi connectivity index (χ0v) is 17.7. The molecule has 9 heteroatoms. The van der Waals surface area contributed by atoms with Gasteiger partial charge in [-0.2, -0.15) is 13.2 Å². The highest BCUT2D eigenvalue weighted by Crippen LogP contribution is 2.37. The smallest absolute Gasteiger partial charge is 0.422 e. The first-order valence-electron chi connectivity index (χ1n) is 9.73. The molecule has 0 atom stereocenters. The van der Waals surface area contributed by atoms with Crippen molar-refractivity contribution in [1.82, 2.24) is 9.55 Å². The Kier molecular flexibility index (Phi) is 6.42. The van der Waals surface area contributed by atoms with Crippen LogP contribution in [0, 0.1) is 0 Å². The van der Waals surface area contributed by atoms with Crippen molar-refractivity contribution in [2.75, 3.05) is 20.3 Å². The van der Waals surface area contributed by atoms with Crippen molar-refractivity contribution in [3.05, 3.63) is 41.7 Å². The van der Waals surface area contributed by atoms with E-state index >= 15 is 0 Å². The van der Waals surface area contributed by atoms with Gasteiger partial charge in [0, 0.05) is 12.6 Å². The molecule has 3 aromatic rings. The summed E-state index contributed by atoms with van der Waals surface area (Å²) in [5.74, 6) is -0.295. The molecular weight excluding hydrogens is 413 g/mol. The van der Waals surface area contributed by atoms with Crippen LogP contribution in [-0.2, 0) is 18.2 Å². The average Bonchev–Trinajstić information content (AvgIpc) is 3.02. The van der Waals surface area contributed by atoms with Crippen LogP contribution in [0.3, 0.4) is 0 Å². The Bertz CT molecular complexity index is 1090. The number of esters is 1. The van der Waals surface area contributed by atoms with Crippen LogP contribution >= 0.6 is 0 Å². The molecule has 166 valence electrons. The molecule has 2 heterocycles. The van der Waals surface area contributed by atoms with Crippen molar-refractivity contribution in [2.24, 2.45) is 7.05 Å². The third-order valence-corrected chi connectivity index (χ3v) is 4.78. The van der Waals surface area contributed by atoms with E-state index in [0.717, 1.165) is 16.8 Å². The molecule has 31 heavy (non-hydrogen) atoms. The monoisotopic (exact) mass is 436 g/mol. The summed E-state index contributed by atoms with van der Waals surface area (Å²) in [7, 11) is 3.11. The Morgan fingerprint density at radius 3 is 2.39 bits per heavy atom. The number of pyridine rings is 1. The summed E-state index contributed by atoms with van der Waals surface area (Å²) >= 11 is 0. The van der Waals surface area contributed by atoms with Gasteiger partial charge in [-0.1, -0.05) is 19.1 Å². The molecule has 0 fully saturated rings. The minimum Gasteiger partial charge on any atom is -0.497 e. The van der Waals surface area contributed by atoms with Crippen LogP contribution in [0.4, 0.5) is 13.2 Å². The van der Waals surface area contributed by atoms with Crippen molar-refractivity contribution < 1.29 is 32.2 Å². The number of methoxy groups -OCH3 is 1. The molecule has 0 saturated heterocycles. The van der Waals surface area contributed by atoms with Gasteiger partial charge in [0.15, 0.2) is 18.1 Å². The number of hydrogen-bond acceptors (Lipinski definition) is 5. The SMILES string of the molecule is CCOC(=O)c1c(OCC(F)(F)F)c2cc(-c3ccc(OC)cc3)c(CC)nc2n1C. The van der Waals surface area contributed by atoms with E-state index in [1.165, 1.54) is 4.57 Å². The zero-order valence-electron chi connectivity index (χ0n) is 17.7. The summed E-state index contributed by atoms with van der Waals surface area (Å²) in [6.07, 6.45) is -3.99. The van der Waals surface area contributed by atoms with Crippen LogP contribution in [0.2, 0.25) is 0 Å². The maximum atomic E-state index is 12.9. The average molecular weight is 436 g/mol. The van der Waals surface area contributed by atoms with E-state index in [4.69, 9.17) is 14.2 Å². The van der Waals surface area contributed by atoms with Crippen LogP contribution in [-0.4, -0.2) is 42.0 Å². The molecule has 2 aromatic heterocycles. The van der Waals surface area contributed by atoms with Gasteiger partial charge in [0.25, 0.3) is 0 Å². The highest BCUT2D eigenvalue weighted by molar-refractivity contribution is 6.02. The number of fused-ring (bicyclic) bond motifs is 1. The molecule has 0 bridgehead atoms. The largest absolute Gasteiger partial charge is 0.497 e. The van der Waals surface area contributed by atoms with E-state index in [-0.39, 0.29) is 18.1 Å². The standard InChI is InChI=1S/C22H23F3N2O4/c1-5-17-15(13-7-9-14(29-4)10-8-13)11-16-19(31-12-22(23,24)25)18(21(28)30-6-2)27(3)20(16)26-17/h7-11H,5-6,12H2,1-4H3. The number of carbonyl (C=O) groups is 1. The van der Waals surface area contributed by atoms with Crippen LogP contribution in [0.25, 0.3) is 22.2 Å². The highest BCUT2D eigenvalue weighted by atomic mass is 19.4. The Hall–Kier alpha value is -3.23. The molecule has 0 spiro atoms. The molecule has 0 aliphatic rings. The number of rotatable bonds is 7. The number of ether oxygens (including phenoxy) is 3. The van der Waals surface area contributed by atoms with Gasteiger partial charge >= 0.3 is 12.1 Å². The molecule has 0 amide bonds. The van der Waals surface area contributed by atoms with E-state index in [0.29, 0.717) is 23.2 Å². The predicted molar refractivity (Wildman–Crippen MR) is 110 cm³/mol. The van der Waals surface area contributed by atoms with Crippen molar-refractivity contribution in [3.8, 4) is 22.6 Å². The fraction of sp³-hybridized carbons (Fsp3) is 0.364. The second kappa shape index (κ2) is 8.87. The number of alkyl halides is 3. The quantitative estimate of drug-likeness (QED) is 0.492. The summed E-state index contributed by atoms with van der Waals surface area (Å²) in [5.41, 5.74) is 2.51. The first-order chi connectivity index (χ1) is 14.7. The second-order valence-corrected chi connectivity index (χ2v) is 6.80. The Morgan fingerprint density at radius 2 is 1.84 bits per heavy atom. The third-order valence-electron chi connectivity index (χ3n) is 4.78. The summed E-state index contributed by atoms with van der Waals surface area (Å²) in [5, 5.41) is 0.304. The fourth-order valence-electron chi connectivity index (χ4n) is 3.37. The molecular formula is C22H23F3N2O4. The van der Waals surface area contributed by atoms with E-state index in [1.54, 1.807) is 39.3 Å². The topological polar surface area (TPSA) is 62.6 Å². The molecule has 1 aromatic carbocycles. The minimum atomic E-state index is -4.57. The van der Waals surface area contributed by atoms with Gasteiger partial charge in [-0.05, 0) is 37.1 Å². The number of carbonyl (C=O) groups excluding carboxylic acids is 1. The second-order valence-electron chi connectivity index (χ2n) is 6.80. The molecule has 0 aliphatic heterocycles. The summed E-state index contributed by atoms with van der Waals surface area (Å²) in [6, 6.07) is 8.96. The molecule has 0 N–H and O–H groups in total. The maximum Gasteiger partial charge on any atom is 0.422 e. The van der Waals surface area contributed by atoms with Gasteiger partial charge in [0.2, 0.25) is 0 Å². The molecule has 6 nitrogen and oxygen atoms in total. The van der Waals surface area contributed by atoms with Gasteiger partial charge in [-0.3, -0.25) is 0 Å². The van der Waals surface area contributed by atoms with Crippen LogP contribution < -0.4 is 9.47 Å². The highest BCUT2D eigenvalue weighted by Gasteiger charge is 2.32. The van der Waals surface area contributed by atoms with E-state index in [9.17, 15) is 18.0 Å². The van der Waals surface area contributed by atoms with Crippen molar-refractivity contribution >= 4 is 17.0 Å². The lowest BCUT2D eigenvalue weighted by Gasteiger charge is -2.11. The maximum absolute atomic E-state index is 12.9. The van der Waals surface area contributed by atoms with Crippen LogP contribution in [0.15, 0.2) is 30.3 Å². The van der Waals surface area contributed by atoms with E-state index in [2.05, 4.69) is 4.98 Å². The van der Waals surface area contributed by atoms with Gasteiger partial charge in [0.05, 0.1) is 24.8 Å². The molecule has 0 unspecified atom stereocenters. The Balaban J connectivity index is 2.24. The molecule has 3 rings (SSSR count). The normalized spacial score (nSPS) is 11.6. The number of nitrogens with zero attached hydrogens (tertiary/aromatic N) is 2. The fourth-order valence-corrected chi connectivity index (χ4v) is 3.37. The summed E-state index contributed by atoms with van der Waals surface area (Å²) in [4.78, 5) is 17.2. The number of benzene rings is 1. The van der Waals surface area contributed by atoms with Gasteiger partial charge in [0.1, 0.15) is 11.4 Å². The van der Waals surface area contributed by atoms with E-state index < -0.39 is 18.8 Å². The number of hydrogen-bond donors (Lipinski definition) is 0. The Morgan fingerprint density at radius 1 is 1.16 bits per heavy atom. The molecule has 0 saturated carbocycles. The van der Waals surface area contributed by atoms with Gasteiger partial charge in [-0.25, -0.2) is 9.78 Å². The van der Waals surface area contributed by atoms with Crippen molar-refractivity contribution in [3.63, 3.8) is 0 Å². The molecule has 0 radical (unpaired) electrons. The van der Waals surface area contributed by atoms with Crippen molar-refractivity contribution in [1.29, 1.82) is 0 Å². The first kappa shape index (κ1) is 22.5. The predicted octanol–water partition coefficient (Wildman–Crippen LogP) is 4.93. The number of halogens is 3. The lowest BCUT2D eigenvalue weighted by molar-refractivity contribution is -0.153. The minimum absolute atomic E-state index is 0.0732. The van der Waals surface area contributed by atoms with E-state index in [1.807, 2.05) is 19.1 Å². The third kappa shape index (κ3) is 4.60.